The molecule has 2 aromatic rings. The largest absolute Gasteiger partial charge is 0.449 e. The number of ether oxygens (including phenoxy) is 1. The topological polar surface area (TPSA) is 102 Å². The van der Waals surface area contributed by atoms with E-state index in [1.807, 2.05) is 17.8 Å². The molecule has 1 amide bonds. The van der Waals surface area contributed by atoms with Crippen LogP contribution >= 0.6 is 11.8 Å². The molecule has 1 aromatic heterocycles. The molecule has 0 radical (unpaired) electrons. The number of allylic oxidation sites excluding steroid dienone is 1. The maximum Gasteiger partial charge on any atom is 0.306 e. The van der Waals surface area contributed by atoms with Crippen molar-refractivity contribution in [2.24, 2.45) is 28.6 Å². The minimum absolute atomic E-state index is 0.0211. The number of aromatic nitrogens is 2. The maximum absolute atomic E-state index is 14.0. The Balaban J connectivity index is 1.32. The summed E-state index contributed by atoms with van der Waals surface area (Å²) in [4.78, 5) is 40.7. The monoisotopic (exact) mass is 623 g/mol. The summed E-state index contributed by atoms with van der Waals surface area (Å²) in [5.41, 5.74) is 1.74. The summed E-state index contributed by atoms with van der Waals surface area (Å²) in [6.07, 6.45) is 7.45. The third-order valence-electron chi connectivity index (χ3n) is 11.3. The average Bonchev–Trinajstić information content (AvgIpc) is 3.51. The Morgan fingerprint density at radius 1 is 1.18 bits per heavy atom. The van der Waals surface area contributed by atoms with Crippen LogP contribution in [0.4, 0.5) is 4.39 Å². The van der Waals surface area contributed by atoms with E-state index in [1.54, 1.807) is 33.2 Å². The van der Waals surface area contributed by atoms with Gasteiger partial charge in [-0.3, -0.25) is 14.4 Å². The van der Waals surface area contributed by atoms with E-state index in [1.165, 1.54) is 22.6 Å². The number of nitrogens with zero attached hydrogens (tertiary/aromatic N) is 3. The lowest BCUT2D eigenvalue weighted by molar-refractivity contribution is -0.196. The Hall–Kier alpha value is -2.98. The molecule has 0 saturated heterocycles. The van der Waals surface area contributed by atoms with Crippen molar-refractivity contribution in [1.29, 1.82) is 0 Å². The highest BCUT2D eigenvalue weighted by atomic mass is 32.2. The molecule has 8 nitrogen and oxygen atoms in total. The number of fused-ring (bicyclic) bond motifs is 6. The molecule has 0 bridgehead atoms. The molecule has 1 aromatic carbocycles. The minimum Gasteiger partial charge on any atom is -0.449 e. The second kappa shape index (κ2) is 11.1. The van der Waals surface area contributed by atoms with Crippen LogP contribution in [0, 0.1) is 34.4 Å². The van der Waals surface area contributed by atoms with Crippen LogP contribution in [0.2, 0.25) is 0 Å². The number of carbonyl (C=O) groups excluding carboxylic acids is 3. The van der Waals surface area contributed by atoms with Crippen molar-refractivity contribution in [1.82, 2.24) is 14.7 Å². The summed E-state index contributed by atoms with van der Waals surface area (Å²) in [6.45, 7) is 6.00. The van der Waals surface area contributed by atoms with Gasteiger partial charge in [-0.1, -0.05) is 38.1 Å². The number of esters is 1. The van der Waals surface area contributed by atoms with Crippen LogP contribution in [0.1, 0.15) is 70.6 Å². The van der Waals surface area contributed by atoms with Crippen molar-refractivity contribution < 1.29 is 28.6 Å². The summed E-state index contributed by atoms with van der Waals surface area (Å²) in [7, 11) is 3.30. The maximum atomic E-state index is 14.0. The molecule has 4 aliphatic rings. The first-order chi connectivity index (χ1) is 20.8. The van der Waals surface area contributed by atoms with Crippen molar-refractivity contribution in [3.05, 3.63) is 53.1 Å². The van der Waals surface area contributed by atoms with Crippen LogP contribution in [0.15, 0.2) is 36.0 Å². The zero-order valence-electron chi connectivity index (χ0n) is 26.1. The van der Waals surface area contributed by atoms with E-state index in [9.17, 15) is 23.9 Å². The zero-order valence-corrected chi connectivity index (χ0v) is 27.0. The van der Waals surface area contributed by atoms with Gasteiger partial charge in [0.1, 0.15) is 5.82 Å². The van der Waals surface area contributed by atoms with Gasteiger partial charge in [-0.05, 0) is 97.6 Å². The number of benzene rings is 1. The molecular formula is C34H42FN3O5S. The van der Waals surface area contributed by atoms with Crippen molar-refractivity contribution in [2.75, 3.05) is 19.8 Å². The van der Waals surface area contributed by atoms with E-state index in [4.69, 9.17) is 4.74 Å². The van der Waals surface area contributed by atoms with Gasteiger partial charge in [-0.2, -0.15) is 5.10 Å². The lowest BCUT2D eigenvalue weighted by atomic mass is 9.45. The molecule has 1 N–H and O–H groups in total. The normalized spacial score (nSPS) is 33.8. The standard InChI is InChI=1S/C34H42FN3O5S/c1-6-29(41)43-34(31(42)44-19-28(40)37(4)5)14-13-25-24-12-7-21-15-26-20(18-36-38(26)23-10-8-22(35)9-11-23)16-32(21,2)30(24)27(39)17-33(25,34)3/h8-11,15,18,24-25,27,30,39H,6-7,12-14,16-17,19H2,1-5H3/t24-,25-,27-,30+,32?,33-,34-/m0/s1. The predicted molar refractivity (Wildman–Crippen MR) is 166 cm³/mol. The highest BCUT2D eigenvalue weighted by Crippen LogP contribution is 2.69. The third kappa shape index (κ3) is 4.66. The summed E-state index contributed by atoms with van der Waals surface area (Å²) in [5.74, 6) is -0.733. The Bertz CT molecular complexity index is 1520. The number of aliphatic hydroxyl groups excluding tert-OH is 1. The van der Waals surface area contributed by atoms with E-state index >= 15 is 0 Å². The van der Waals surface area contributed by atoms with E-state index in [0.29, 0.717) is 12.8 Å². The second-order valence-corrected chi connectivity index (χ2v) is 14.7. The molecule has 236 valence electrons. The SMILES string of the molecule is CCC(=O)O[C@]1(C(=O)SCC(=O)N(C)C)CC[C@H]2[C@@H]3CCC4=Cc5c(cnn5-c5ccc(F)cc5)CC4(C)[C@H]3[C@@H](O)C[C@@]21C. The highest BCUT2D eigenvalue weighted by molar-refractivity contribution is 8.14. The smallest absolute Gasteiger partial charge is 0.306 e. The lowest BCUT2D eigenvalue weighted by Crippen LogP contribution is -2.62. The number of aliphatic hydroxyl groups is 1. The third-order valence-corrected chi connectivity index (χ3v) is 12.3. The molecule has 10 heteroatoms. The van der Waals surface area contributed by atoms with Crippen LogP contribution in [-0.4, -0.2) is 68.3 Å². The summed E-state index contributed by atoms with van der Waals surface area (Å²) >= 11 is 0.929. The van der Waals surface area contributed by atoms with Crippen molar-refractivity contribution in [3.8, 4) is 5.69 Å². The van der Waals surface area contributed by atoms with Gasteiger partial charge in [0, 0.05) is 25.9 Å². The van der Waals surface area contributed by atoms with Crippen LogP contribution in [0.3, 0.4) is 0 Å². The molecule has 44 heavy (non-hydrogen) atoms. The fraction of sp³-hybridized carbons (Fsp3) is 0.588. The molecule has 0 aliphatic heterocycles. The molecule has 3 fully saturated rings. The molecule has 1 unspecified atom stereocenters. The quantitative estimate of drug-likeness (QED) is 0.441. The fourth-order valence-electron chi connectivity index (χ4n) is 9.14. The van der Waals surface area contributed by atoms with Crippen molar-refractivity contribution in [2.45, 2.75) is 77.4 Å². The van der Waals surface area contributed by atoms with Gasteiger partial charge in [0.2, 0.25) is 11.0 Å². The van der Waals surface area contributed by atoms with Crippen LogP contribution in [0.25, 0.3) is 11.8 Å². The number of thioether (sulfide) groups is 1. The number of hydrogen-bond acceptors (Lipinski definition) is 7. The summed E-state index contributed by atoms with van der Waals surface area (Å²) in [5, 5.41) is 16.4. The van der Waals surface area contributed by atoms with Gasteiger partial charge in [0.15, 0.2) is 5.60 Å². The Morgan fingerprint density at radius 3 is 2.59 bits per heavy atom. The highest BCUT2D eigenvalue weighted by Gasteiger charge is 2.70. The average molecular weight is 624 g/mol. The van der Waals surface area contributed by atoms with Gasteiger partial charge >= 0.3 is 5.97 Å². The molecule has 0 spiro atoms. The molecule has 7 atom stereocenters. The molecular weight excluding hydrogens is 581 g/mol. The second-order valence-electron chi connectivity index (χ2n) is 13.8. The molecule has 4 aliphatic carbocycles. The summed E-state index contributed by atoms with van der Waals surface area (Å²) < 4.78 is 21.6. The molecule has 1 heterocycles. The minimum atomic E-state index is -1.39. The molecule has 3 saturated carbocycles. The van der Waals surface area contributed by atoms with Crippen LogP contribution < -0.4 is 0 Å². The van der Waals surface area contributed by atoms with E-state index in [0.717, 1.165) is 54.4 Å². The van der Waals surface area contributed by atoms with Crippen LogP contribution in [0.5, 0.6) is 0 Å². The number of hydrogen-bond donors (Lipinski definition) is 1. The van der Waals surface area contributed by atoms with Gasteiger partial charge in [0.25, 0.3) is 0 Å². The Morgan fingerprint density at radius 2 is 1.91 bits per heavy atom. The van der Waals surface area contributed by atoms with Crippen molar-refractivity contribution in [3.63, 3.8) is 0 Å². The first-order valence-corrected chi connectivity index (χ1v) is 16.6. The Kier molecular flexibility index (Phi) is 7.84. The number of amides is 1. The first kappa shape index (κ1) is 31.0. The predicted octanol–water partition coefficient (Wildman–Crippen LogP) is 5.20. The zero-order chi connectivity index (χ0) is 31.6. The van der Waals surface area contributed by atoms with Crippen molar-refractivity contribution >= 4 is 34.8 Å². The fourth-order valence-corrected chi connectivity index (χ4v) is 10.3. The number of carbonyl (C=O) groups is 3. The summed E-state index contributed by atoms with van der Waals surface area (Å²) in [6, 6.07) is 6.33. The number of halogens is 1. The van der Waals surface area contributed by atoms with Gasteiger partial charge in [-0.25, -0.2) is 9.07 Å². The number of rotatable bonds is 6. The lowest BCUT2D eigenvalue weighted by Gasteiger charge is -2.60. The van der Waals surface area contributed by atoms with Gasteiger partial charge in [0.05, 0.1) is 29.4 Å². The van der Waals surface area contributed by atoms with E-state index in [-0.39, 0.29) is 52.2 Å². The Labute approximate surface area is 262 Å². The van der Waals surface area contributed by atoms with Crippen LogP contribution in [-0.2, 0) is 25.5 Å². The van der Waals surface area contributed by atoms with Gasteiger partial charge in [-0.15, -0.1) is 0 Å². The first-order valence-electron chi connectivity index (χ1n) is 15.7. The van der Waals surface area contributed by atoms with Gasteiger partial charge < -0.3 is 14.7 Å². The van der Waals surface area contributed by atoms with E-state index in [2.05, 4.69) is 18.1 Å². The molecule has 6 rings (SSSR count). The van der Waals surface area contributed by atoms with E-state index < -0.39 is 23.1 Å².